The first-order valence-corrected chi connectivity index (χ1v) is 7.13. The summed E-state index contributed by atoms with van der Waals surface area (Å²) in [5.74, 6) is 3.54. The molecule has 21 heavy (non-hydrogen) atoms. The smallest absolute Gasteiger partial charge is 0.243 e. The average molecular weight is 315 g/mol. The Bertz CT molecular complexity index is 737. The van der Waals surface area contributed by atoms with Crippen molar-refractivity contribution in [2.45, 2.75) is 11.4 Å². The van der Waals surface area contributed by atoms with Crippen LogP contribution in [-0.2, 0) is 16.6 Å². The molecule has 0 fully saturated rings. The molecule has 112 valence electrons. The molecule has 0 aliphatic carbocycles. The number of hydrazine groups is 1. The van der Waals surface area contributed by atoms with Crippen LogP contribution < -0.4 is 16.0 Å². The Morgan fingerprint density at radius 2 is 1.86 bits per heavy atom. The van der Waals surface area contributed by atoms with Crippen LogP contribution in [0.2, 0.25) is 0 Å². The first-order valence-electron chi connectivity index (χ1n) is 5.64. The van der Waals surface area contributed by atoms with E-state index in [1.54, 1.807) is 0 Å². The van der Waals surface area contributed by atoms with E-state index in [1.807, 2.05) is 0 Å². The zero-order valence-corrected chi connectivity index (χ0v) is 11.4. The zero-order chi connectivity index (χ0) is 15.5. The molecule has 0 aliphatic heterocycles. The van der Waals surface area contributed by atoms with Gasteiger partial charge in [-0.15, -0.1) is 0 Å². The summed E-state index contributed by atoms with van der Waals surface area (Å²) in [6, 6.07) is 2.87. The lowest BCUT2D eigenvalue weighted by molar-refractivity contribution is 0.562. The van der Waals surface area contributed by atoms with E-state index in [2.05, 4.69) is 20.1 Å². The fourth-order valence-corrected chi connectivity index (χ4v) is 2.35. The van der Waals surface area contributed by atoms with Gasteiger partial charge in [-0.2, -0.15) is 0 Å². The van der Waals surface area contributed by atoms with Gasteiger partial charge in [-0.3, -0.25) is 5.43 Å². The van der Waals surface area contributed by atoms with E-state index in [-0.39, 0.29) is 23.0 Å². The fraction of sp³-hybridized carbons (Fsp3) is 0.0909. The van der Waals surface area contributed by atoms with Gasteiger partial charge in [-0.05, 0) is 6.07 Å². The Morgan fingerprint density at radius 3 is 2.43 bits per heavy atom. The van der Waals surface area contributed by atoms with Gasteiger partial charge in [0.1, 0.15) is 16.5 Å². The largest absolute Gasteiger partial charge is 0.292 e. The van der Waals surface area contributed by atoms with Gasteiger partial charge in [-0.25, -0.2) is 37.7 Å². The number of sulfonamides is 1. The molecule has 0 amide bonds. The number of benzene rings is 1. The Balaban J connectivity index is 2.13. The molecule has 0 saturated heterocycles. The number of nitrogens with one attached hydrogen (secondary N) is 2. The number of rotatable bonds is 5. The molecule has 2 rings (SSSR count). The number of nitrogens with two attached hydrogens (primary N) is 1. The van der Waals surface area contributed by atoms with E-state index >= 15 is 0 Å². The van der Waals surface area contributed by atoms with Gasteiger partial charge in [0.15, 0.2) is 0 Å². The number of nitrogens with zero attached hydrogens (tertiary/aromatic N) is 2. The molecule has 0 aliphatic rings. The second-order valence-corrected chi connectivity index (χ2v) is 5.71. The number of hydrogen-bond donors (Lipinski definition) is 3. The van der Waals surface area contributed by atoms with E-state index < -0.39 is 21.7 Å². The zero-order valence-electron chi connectivity index (χ0n) is 10.5. The summed E-state index contributed by atoms with van der Waals surface area (Å²) in [4.78, 5) is 7.11. The Morgan fingerprint density at radius 1 is 1.19 bits per heavy atom. The molecular weight excluding hydrogens is 304 g/mol. The van der Waals surface area contributed by atoms with Crippen molar-refractivity contribution in [1.82, 2.24) is 14.7 Å². The lowest BCUT2D eigenvalue weighted by Crippen LogP contribution is -2.24. The lowest BCUT2D eigenvalue weighted by atomic mass is 10.2. The van der Waals surface area contributed by atoms with Crippen LogP contribution in [0.25, 0.3) is 0 Å². The molecule has 4 N–H and O–H groups in total. The van der Waals surface area contributed by atoms with Crippen molar-refractivity contribution in [3.05, 3.63) is 47.8 Å². The van der Waals surface area contributed by atoms with E-state index in [1.165, 1.54) is 0 Å². The highest BCUT2D eigenvalue weighted by molar-refractivity contribution is 7.89. The number of halogens is 2. The van der Waals surface area contributed by atoms with Crippen molar-refractivity contribution < 1.29 is 17.2 Å². The molecule has 10 heteroatoms. The van der Waals surface area contributed by atoms with Crippen LogP contribution in [0.4, 0.5) is 14.7 Å². The van der Waals surface area contributed by atoms with Gasteiger partial charge < -0.3 is 0 Å². The summed E-state index contributed by atoms with van der Waals surface area (Å²) in [7, 11) is -3.91. The third kappa shape index (κ3) is 3.68. The highest BCUT2D eigenvalue weighted by Crippen LogP contribution is 2.12. The summed E-state index contributed by atoms with van der Waals surface area (Å²) in [6.45, 7) is -0.328. The minimum absolute atomic E-state index is 0.0149. The van der Waals surface area contributed by atoms with Crippen LogP contribution in [-0.4, -0.2) is 18.4 Å². The first kappa shape index (κ1) is 15.2. The Kier molecular flexibility index (Phi) is 4.40. The minimum Gasteiger partial charge on any atom is -0.292 e. The Hall–Kier alpha value is -2.17. The number of hydrogen-bond acceptors (Lipinski definition) is 6. The molecular formula is C11H11F2N5O2S. The monoisotopic (exact) mass is 315 g/mol. The SMILES string of the molecule is NNc1ncc(S(=O)(=O)NCc2ccc(F)cc2F)cn1. The van der Waals surface area contributed by atoms with Crippen LogP contribution in [0.5, 0.6) is 0 Å². The maximum atomic E-state index is 13.4. The second-order valence-electron chi connectivity index (χ2n) is 3.95. The van der Waals surface area contributed by atoms with Gasteiger partial charge in [0, 0.05) is 18.2 Å². The van der Waals surface area contributed by atoms with Crippen molar-refractivity contribution in [3.8, 4) is 0 Å². The molecule has 2 aromatic rings. The number of anilines is 1. The quantitative estimate of drug-likeness (QED) is 0.548. The normalized spacial score (nSPS) is 11.4. The summed E-state index contributed by atoms with van der Waals surface area (Å²) in [6.07, 6.45) is 2.09. The minimum atomic E-state index is -3.91. The van der Waals surface area contributed by atoms with Crippen molar-refractivity contribution in [1.29, 1.82) is 0 Å². The molecule has 1 heterocycles. The van der Waals surface area contributed by atoms with Crippen LogP contribution in [0.15, 0.2) is 35.5 Å². The molecule has 0 atom stereocenters. The van der Waals surface area contributed by atoms with Crippen molar-refractivity contribution in [3.63, 3.8) is 0 Å². The van der Waals surface area contributed by atoms with Gasteiger partial charge in [-0.1, -0.05) is 6.07 Å². The van der Waals surface area contributed by atoms with E-state index in [0.29, 0.717) is 6.07 Å². The topological polar surface area (TPSA) is 110 Å². The maximum Gasteiger partial charge on any atom is 0.243 e. The molecule has 0 radical (unpaired) electrons. The van der Waals surface area contributed by atoms with Crippen molar-refractivity contribution >= 4 is 16.0 Å². The lowest BCUT2D eigenvalue weighted by Gasteiger charge is -2.07. The van der Waals surface area contributed by atoms with E-state index in [9.17, 15) is 17.2 Å². The van der Waals surface area contributed by atoms with Crippen LogP contribution in [0, 0.1) is 11.6 Å². The van der Waals surface area contributed by atoms with Crippen molar-refractivity contribution in [2.24, 2.45) is 5.84 Å². The molecule has 0 spiro atoms. The van der Waals surface area contributed by atoms with E-state index in [4.69, 9.17) is 5.84 Å². The maximum absolute atomic E-state index is 13.4. The summed E-state index contributed by atoms with van der Waals surface area (Å²) in [5, 5.41) is 0. The summed E-state index contributed by atoms with van der Waals surface area (Å²) in [5.41, 5.74) is 2.17. The molecule has 1 aromatic heterocycles. The van der Waals surface area contributed by atoms with Gasteiger partial charge in [0.05, 0.1) is 12.4 Å². The molecule has 7 nitrogen and oxygen atoms in total. The molecule has 0 bridgehead atoms. The second kappa shape index (κ2) is 6.08. The predicted molar refractivity (Wildman–Crippen MR) is 70.2 cm³/mol. The molecule has 0 saturated carbocycles. The highest BCUT2D eigenvalue weighted by Gasteiger charge is 2.16. The van der Waals surface area contributed by atoms with Crippen LogP contribution >= 0.6 is 0 Å². The van der Waals surface area contributed by atoms with Crippen LogP contribution in [0.1, 0.15) is 5.56 Å². The van der Waals surface area contributed by atoms with Gasteiger partial charge in [0.25, 0.3) is 0 Å². The van der Waals surface area contributed by atoms with Crippen LogP contribution in [0.3, 0.4) is 0 Å². The predicted octanol–water partition coefficient (Wildman–Crippen LogP) is 0.519. The van der Waals surface area contributed by atoms with E-state index in [0.717, 1.165) is 24.5 Å². The van der Waals surface area contributed by atoms with Crippen molar-refractivity contribution in [2.75, 3.05) is 5.43 Å². The summed E-state index contributed by atoms with van der Waals surface area (Å²) >= 11 is 0. The van der Waals surface area contributed by atoms with Gasteiger partial charge in [0.2, 0.25) is 16.0 Å². The number of aromatic nitrogens is 2. The third-order valence-electron chi connectivity index (χ3n) is 2.54. The third-order valence-corrected chi connectivity index (χ3v) is 3.89. The standard InChI is InChI=1S/C11H11F2N5O2S/c12-8-2-1-7(10(13)3-8)4-17-21(19,20)9-5-15-11(18-14)16-6-9/h1-3,5-6,17H,4,14H2,(H,15,16,18). The first-order chi connectivity index (χ1) is 9.92. The molecule has 0 unspecified atom stereocenters. The fourth-order valence-electron chi connectivity index (χ4n) is 1.45. The molecule has 1 aromatic carbocycles. The number of nitrogen functional groups attached to an aromatic ring is 1. The Labute approximate surface area is 119 Å². The average Bonchev–Trinajstić information content (AvgIpc) is 2.46. The summed E-state index contributed by atoms with van der Waals surface area (Å²) < 4.78 is 52.2. The van der Waals surface area contributed by atoms with Gasteiger partial charge >= 0.3 is 0 Å². The highest BCUT2D eigenvalue weighted by atomic mass is 32.2.